The van der Waals surface area contributed by atoms with Crippen LogP contribution in [-0.2, 0) is 6.54 Å². The molecule has 1 aliphatic heterocycles. The van der Waals surface area contributed by atoms with E-state index in [2.05, 4.69) is 45.4 Å². The molecule has 1 fully saturated rings. The molecular formula is C15H25N3. The molecule has 0 aliphatic carbocycles. The number of piperazine rings is 1. The van der Waals surface area contributed by atoms with E-state index in [0.717, 1.165) is 13.1 Å². The first kappa shape index (κ1) is 13.5. The fraction of sp³-hybridized carbons (Fsp3) is 0.600. The highest BCUT2D eigenvalue weighted by Crippen LogP contribution is 2.08. The van der Waals surface area contributed by atoms with Crippen molar-refractivity contribution in [3.05, 3.63) is 35.9 Å². The maximum atomic E-state index is 3.21. The number of benzene rings is 1. The van der Waals surface area contributed by atoms with Gasteiger partial charge in [0.25, 0.3) is 0 Å². The third kappa shape index (κ3) is 4.41. The molecule has 3 nitrogen and oxygen atoms in total. The summed E-state index contributed by atoms with van der Waals surface area (Å²) in [5, 5.41) is 3.21. The normalized spacial score (nSPS) is 18.1. The average molecular weight is 247 g/mol. The van der Waals surface area contributed by atoms with Crippen LogP contribution in [-0.4, -0.2) is 56.1 Å². The molecule has 1 saturated heterocycles. The van der Waals surface area contributed by atoms with E-state index in [1.54, 1.807) is 0 Å². The minimum atomic E-state index is 1.10. The molecule has 0 radical (unpaired) electrons. The number of hydrogen-bond acceptors (Lipinski definition) is 3. The van der Waals surface area contributed by atoms with E-state index in [1.165, 1.54) is 44.7 Å². The van der Waals surface area contributed by atoms with Crippen molar-refractivity contribution in [1.29, 1.82) is 0 Å². The topological polar surface area (TPSA) is 18.5 Å². The molecule has 0 amide bonds. The van der Waals surface area contributed by atoms with Gasteiger partial charge in [-0.15, -0.1) is 0 Å². The zero-order valence-electron chi connectivity index (χ0n) is 11.4. The van der Waals surface area contributed by atoms with Gasteiger partial charge < -0.3 is 10.2 Å². The Bertz CT molecular complexity index is 318. The van der Waals surface area contributed by atoms with Crippen molar-refractivity contribution in [2.75, 3.05) is 46.3 Å². The van der Waals surface area contributed by atoms with Gasteiger partial charge in [-0.1, -0.05) is 30.3 Å². The summed E-state index contributed by atoms with van der Waals surface area (Å²) in [6.07, 6.45) is 1.26. The predicted octanol–water partition coefficient (Wildman–Crippen LogP) is 1.41. The third-order valence-electron chi connectivity index (χ3n) is 3.62. The van der Waals surface area contributed by atoms with Gasteiger partial charge in [-0.3, -0.25) is 4.90 Å². The molecule has 1 N–H and O–H groups in total. The molecule has 0 saturated carbocycles. The van der Waals surface area contributed by atoms with Crippen LogP contribution in [0.25, 0.3) is 0 Å². The molecule has 0 bridgehead atoms. The zero-order valence-corrected chi connectivity index (χ0v) is 11.4. The lowest BCUT2D eigenvalue weighted by atomic mass is 10.2. The Hall–Kier alpha value is -0.900. The second kappa shape index (κ2) is 7.52. The van der Waals surface area contributed by atoms with Crippen LogP contribution in [0.3, 0.4) is 0 Å². The molecule has 0 aromatic heterocycles. The first-order valence-electron chi connectivity index (χ1n) is 7.02. The van der Waals surface area contributed by atoms with Crippen molar-refractivity contribution in [3.63, 3.8) is 0 Å². The van der Waals surface area contributed by atoms with Crippen LogP contribution >= 0.6 is 0 Å². The summed E-state index contributed by atoms with van der Waals surface area (Å²) in [6.45, 7) is 8.31. The van der Waals surface area contributed by atoms with Gasteiger partial charge in [0.2, 0.25) is 0 Å². The molecule has 1 heterocycles. The van der Waals surface area contributed by atoms with E-state index in [-0.39, 0.29) is 0 Å². The van der Waals surface area contributed by atoms with Crippen molar-refractivity contribution >= 4 is 0 Å². The van der Waals surface area contributed by atoms with Gasteiger partial charge in [-0.25, -0.2) is 0 Å². The highest BCUT2D eigenvalue weighted by molar-refractivity contribution is 5.14. The number of nitrogens with one attached hydrogen (secondary N) is 1. The third-order valence-corrected chi connectivity index (χ3v) is 3.62. The predicted molar refractivity (Wildman–Crippen MR) is 76.7 cm³/mol. The lowest BCUT2D eigenvalue weighted by molar-refractivity contribution is 0.126. The lowest BCUT2D eigenvalue weighted by Gasteiger charge is -2.34. The molecule has 2 rings (SSSR count). The van der Waals surface area contributed by atoms with E-state index in [0.29, 0.717) is 0 Å². The van der Waals surface area contributed by atoms with Gasteiger partial charge >= 0.3 is 0 Å². The number of hydrogen-bond donors (Lipinski definition) is 1. The van der Waals surface area contributed by atoms with Crippen molar-refractivity contribution < 1.29 is 0 Å². The van der Waals surface area contributed by atoms with Gasteiger partial charge in [0.05, 0.1) is 0 Å². The summed E-state index contributed by atoms with van der Waals surface area (Å²) in [5.74, 6) is 0. The summed E-state index contributed by atoms with van der Waals surface area (Å²) in [5.41, 5.74) is 1.43. The average Bonchev–Trinajstić information content (AvgIpc) is 2.42. The molecule has 18 heavy (non-hydrogen) atoms. The molecule has 3 heteroatoms. The van der Waals surface area contributed by atoms with Crippen molar-refractivity contribution in [1.82, 2.24) is 15.1 Å². The molecule has 100 valence electrons. The molecule has 1 aromatic rings. The van der Waals surface area contributed by atoms with Crippen LogP contribution in [0.1, 0.15) is 12.0 Å². The zero-order chi connectivity index (χ0) is 12.6. The second-order valence-corrected chi connectivity index (χ2v) is 5.06. The van der Waals surface area contributed by atoms with E-state index in [1.807, 2.05) is 7.05 Å². The summed E-state index contributed by atoms with van der Waals surface area (Å²) < 4.78 is 0. The second-order valence-electron chi connectivity index (χ2n) is 5.06. The highest BCUT2D eigenvalue weighted by atomic mass is 15.3. The Kier molecular flexibility index (Phi) is 5.65. The smallest absolute Gasteiger partial charge is 0.0234 e. The van der Waals surface area contributed by atoms with Crippen LogP contribution in [0.2, 0.25) is 0 Å². The first-order chi connectivity index (χ1) is 8.88. The fourth-order valence-electron chi connectivity index (χ4n) is 2.49. The summed E-state index contributed by atoms with van der Waals surface area (Å²) in [7, 11) is 2.03. The fourth-order valence-corrected chi connectivity index (χ4v) is 2.49. The SMILES string of the molecule is CNCCCN1CCN(Cc2ccccc2)CC1. The Morgan fingerprint density at radius 3 is 2.33 bits per heavy atom. The molecule has 0 unspecified atom stereocenters. The first-order valence-corrected chi connectivity index (χ1v) is 7.02. The standard InChI is InChI=1S/C15H25N3/c1-16-8-5-9-17-10-12-18(13-11-17)14-15-6-3-2-4-7-15/h2-4,6-7,16H,5,8-14H2,1H3. The van der Waals surface area contributed by atoms with Crippen LogP contribution in [0.4, 0.5) is 0 Å². The monoisotopic (exact) mass is 247 g/mol. The van der Waals surface area contributed by atoms with E-state index < -0.39 is 0 Å². The molecular weight excluding hydrogens is 222 g/mol. The molecule has 0 atom stereocenters. The van der Waals surface area contributed by atoms with Crippen LogP contribution in [0.5, 0.6) is 0 Å². The van der Waals surface area contributed by atoms with Gasteiger partial charge in [0, 0.05) is 32.7 Å². The summed E-state index contributed by atoms with van der Waals surface area (Å²) in [4.78, 5) is 5.14. The highest BCUT2D eigenvalue weighted by Gasteiger charge is 2.16. The molecule has 1 aliphatic rings. The van der Waals surface area contributed by atoms with Crippen molar-refractivity contribution in [2.24, 2.45) is 0 Å². The summed E-state index contributed by atoms with van der Waals surface area (Å²) in [6, 6.07) is 10.8. The largest absolute Gasteiger partial charge is 0.320 e. The van der Waals surface area contributed by atoms with Crippen molar-refractivity contribution in [2.45, 2.75) is 13.0 Å². The maximum Gasteiger partial charge on any atom is 0.0234 e. The Labute approximate surface area is 111 Å². The quantitative estimate of drug-likeness (QED) is 0.767. The van der Waals surface area contributed by atoms with Gasteiger partial charge in [0.1, 0.15) is 0 Å². The van der Waals surface area contributed by atoms with Crippen molar-refractivity contribution in [3.8, 4) is 0 Å². The number of nitrogens with zero attached hydrogens (tertiary/aromatic N) is 2. The minimum absolute atomic E-state index is 1.10. The summed E-state index contributed by atoms with van der Waals surface area (Å²) >= 11 is 0. The number of rotatable bonds is 6. The van der Waals surface area contributed by atoms with Crippen LogP contribution in [0.15, 0.2) is 30.3 Å². The van der Waals surface area contributed by atoms with Gasteiger partial charge in [-0.2, -0.15) is 0 Å². The van der Waals surface area contributed by atoms with Crippen LogP contribution in [0, 0.1) is 0 Å². The van der Waals surface area contributed by atoms with Gasteiger partial charge in [-0.05, 0) is 32.1 Å². The van der Waals surface area contributed by atoms with Gasteiger partial charge in [0.15, 0.2) is 0 Å². The lowest BCUT2D eigenvalue weighted by Crippen LogP contribution is -2.46. The van der Waals surface area contributed by atoms with E-state index in [4.69, 9.17) is 0 Å². The Balaban J connectivity index is 1.67. The van der Waals surface area contributed by atoms with E-state index >= 15 is 0 Å². The Morgan fingerprint density at radius 1 is 1.00 bits per heavy atom. The van der Waals surface area contributed by atoms with E-state index in [9.17, 15) is 0 Å². The molecule has 0 spiro atoms. The van der Waals surface area contributed by atoms with Crippen LogP contribution < -0.4 is 5.32 Å². The minimum Gasteiger partial charge on any atom is -0.320 e. The Morgan fingerprint density at radius 2 is 1.67 bits per heavy atom. The maximum absolute atomic E-state index is 3.21. The molecule has 1 aromatic carbocycles.